The Morgan fingerprint density at radius 3 is 3.00 bits per heavy atom. The summed E-state index contributed by atoms with van der Waals surface area (Å²) in [4.78, 5) is 11.3. The van der Waals surface area contributed by atoms with Crippen LogP contribution < -0.4 is 10.1 Å². The van der Waals surface area contributed by atoms with Crippen LogP contribution in [0.25, 0.3) is 0 Å². The molecule has 4 heteroatoms. The Bertz CT molecular complexity index is 454. The minimum Gasteiger partial charge on any atom is -0.467 e. The lowest BCUT2D eigenvalue weighted by atomic mass is 10.0. The molecule has 0 bridgehead atoms. The maximum absolute atomic E-state index is 11.3. The Kier molecular flexibility index (Phi) is 3.19. The number of rotatable bonds is 5. The molecular formula is C14H17NO3. The maximum Gasteiger partial charge on any atom is 0.224 e. The molecule has 1 saturated carbocycles. The Labute approximate surface area is 106 Å². The van der Waals surface area contributed by atoms with Gasteiger partial charge in [0.2, 0.25) is 5.91 Å². The van der Waals surface area contributed by atoms with Crippen molar-refractivity contribution in [1.82, 2.24) is 0 Å². The number of aryl methyl sites for hydroxylation is 1. The first-order chi connectivity index (χ1) is 8.81. The quantitative estimate of drug-likeness (QED) is 0.641. The van der Waals surface area contributed by atoms with E-state index in [2.05, 4.69) is 5.32 Å². The molecule has 1 aromatic carbocycles. The van der Waals surface area contributed by atoms with E-state index >= 15 is 0 Å². The second-order valence-corrected chi connectivity index (χ2v) is 4.94. The lowest BCUT2D eigenvalue weighted by Crippen LogP contribution is -2.18. The second kappa shape index (κ2) is 4.98. The monoisotopic (exact) mass is 247 g/mol. The number of carbonyl (C=O) groups is 1. The van der Waals surface area contributed by atoms with Gasteiger partial charge in [-0.15, -0.1) is 0 Å². The summed E-state index contributed by atoms with van der Waals surface area (Å²) in [6.45, 7) is 1.07. The summed E-state index contributed by atoms with van der Waals surface area (Å²) in [6, 6.07) is 5.80. The minimum atomic E-state index is 0.0737. The summed E-state index contributed by atoms with van der Waals surface area (Å²) >= 11 is 0. The maximum atomic E-state index is 11.3. The van der Waals surface area contributed by atoms with Gasteiger partial charge in [-0.05, 0) is 36.8 Å². The van der Waals surface area contributed by atoms with Crippen LogP contribution in [0, 0.1) is 5.92 Å². The van der Waals surface area contributed by atoms with Gasteiger partial charge in [-0.25, -0.2) is 0 Å². The zero-order valence-electron chi connectivity index (χ0n) is 10.3. The summed E-state index contributed by atoms with van der Waals surface area (Å²) in [5.74, 6) is 1.56. The van der Waals surface area contributed by atoms with Crippen LogP contribution in [0.15, 0.2) is 18.2 Å². The molecule has 0 saturated heterocycles. The Morgan fingerprint density at radius 1 is 1.28 bits per heavy atom. The van der Waals surface area contributed by atoms with Crippen LogP contribution in [-0.2, 0) is 16.0 Å². The summed E-state index contributed by atoms with van der Waals surface area (Å²) in [7, 11) is 0. The summed E-state index contributed by atoms with van der Waals surface area (Å²) in [5.41, 5.74) is 2.03. The van der Waals surface area contributed by atoms with Gasteiger partial charge >= 0.3 is 0 Å². The normalized spacial score (nSPS) is 18.1. The van der Waals surface area contributed by atoms with Gasteiger partial charge in [0, 0.05) is 18.2 Å². The summed E-state index contributed by atoms with van der Waals surface area (Å²) < 4.78 is 10.9. The van der Waals surface area contributed by atoms with Crippen molar-refractivity contribution in [3.8, 4) is 5.75 Å². The Balaban J connectivity index is 1.55. The van der Waals surface area contributed by atoms with Crippen molar-refractivity contribution in [1.29, 1.82) is 0 Å². The first-order valence-electron chi connectivity index (χ1n) is 6.44. The van der Waals surface area contributed by atoms with Crippen LogP contribution in [0.4, 0.5) is 5.69 Å². The lowest BCUT2D eigenvalue weighted by Gasteiger charge is -2.17. The molecule has 1 N–H and O–H groups in total. The van der Waals surface area contributed by atoms with E-state index in [-0.39, 0.29) is 12.7 Å². The number of fused-ring (bicyclic) bond motifs is 1. The molecule has 2 aliphatic rings. The van der Waals surface area contributed by atoms with Crippen LogP contribution in [0.5, 0.6) is 5.75 Å². The number of carbonyl (C=O) groups excluding carboxylic acids is 1. The van der Waals surface area contributed by atoms with E-state index in [0.29, 0.717) is 6.42 Å². The fourth-order valence-corrected chi connectivity index (χ4v) is 2.05. The number of hydrogen-bond donors (Lipinski definition) is 1. The van der Waals surface area contributed by atoms with E-state index in [9.17, 15) is 4.79 Å². The van der Waals surface area contributed by atoms with Crippen molar-refractivity contribution in [2.75, 3.05) is 18.7 Å². The van der Waals surface area contributed by atoms with Crippen molar-refractivity contribution in [2.45, 2.75) is 25.7 Å². The SMILES string of the molecule is O=C1CCc2ccc(OCOCC3CC3)cc2N1. The molecule has 4 nitrogen and oxygen atoms in total. The molecule has 1 heterocycles. The number of anilines is 1. The molecule has 1 amide bonds. The molecule has 0 spiro atoms. The average Bonchev–Trinajstić information content (AvgIpc) is 3.18. The Hall–Kier alpha value is -1.55. The lowest BCUT2D eigenvalue weighted by molar-refractivity contribution is -0.116. The number of benzene rings is 1. The zero-order chi connectivity index (χ0) is 12.4. The summed E-state index contributed by atoms with van der Waals surface area (Å²) in [6.07, 6.45) is 3.94. The van der Waals surface area contributed by atoms with Gasteiger partial charge in [0.05, 0.1) is 6.61 Å². The van der Waals surface area contributed by atoms with Crippen molar-refractivity contribution >= 4 is 11.6 Å². The molecule has 0 atom stereocenters. The van der Waals surface area contributed by atoms with Crippen molar-refractivity contribution in [2.24, 2.45) is 5.92 Å². The zero-order valence-corrected chi connectivity index (χ0v) is 10.3. The van der Waals surface area contributed by atoms with Gasteiger partial charge in [0.15, 0.2) is 6.79 Å². The van der Waals surface area contributed by atoms with Gasteiger partial charge in [0.25, 0.3) is 0 Å². The van der Waals surface area contributed by atoms with Gasteiger partial charge in [-0.3, -0.25) is 4.79 Å². The molecule has 96 valence electrons. The molecule has 0 unspecified atom stereocenters. The van der Waals surface area contributed by atoms with Crippen LogP contribution in [0.2, 0.25) is 0 Å². The van der Waals surface area contributed by atoms with E-state index in [0.717, 1.165) is 30.4 Å². The Morgan fingerprint density at radius 2 is 2.17 bits per heavy atom. The third-order valence-electron chi connectivity index (χ3n) is 3.34. The van der Waals surface area contributed by atoms with E-state index in [4.69, 9.17) is 9.47 Å². The van der Waals surface area contributed by atoms with Gasteiger partial charge in [-0.2, -0.15) is 0 Å². The first-order valence-corrected chi connectivity index (χ1v) is 6.44. The highest BCUT2D eigenvalue weighted by atomic mass is 16.7. The minimum absolute atomic E-state index is 0.0737. The second-order valence-electron chi connectivity index (χ2n) is 4.94. The summed E-state index contributed by atoms with van der Waals surface area (Å²) in [5, 5.41) is 2.86. The van der Waals surface area contributed by atoms with Crippen molar-refractivity contribution < 1.29 is 14.3 Å². The molecule has 0 radical (unpaired) electrons. The van der Waals surface area contributed by atoms with Crippen LogP contribution in [-0.4, -0.2) is 19.3 Å². The average molecular weight is 247 g/mol. The molecule has 0 aromatic heterocycles. The highest BCUT2D eigenvalue weighted by Crippen LogP contribution is 2.29. The van der Waals surface area contributed by atoms with Gasteiger partial charge in [-0.1, -0.05) is 6.07 Å². The topological polar surface area (TPSA) is 47.6 Å². The van der Waals surface area contributed by atoms with E-state index < -0.39 is 0 Å². The predicted octanol–water partition coefficient (Wildman–Crippen LogP) is 2.33. The molecule has 18 heavy (non-hydrogen) atoms. The third-order valence-corrected chi connectivity index (χ3v) is 3.34. The third kappa shape index (κ3) is 2.82. The fraction of sp³-hybridized carbons (Fsp3) is 0.500. The molecule has 3 rings (SSSR count). The van der Waals surface area contributed by atoms with Crippen molar-refractivity contribution in [3.63, 3.8) is 0 Å². The molecule has 1 aliphatic heterocycles. The van der Waals surface area contributed by atoms with Gasteiger partial charge in [0.1, 0.15) is 5.75 Å². The molecular weight excluding hydrogens is 230 g/mol. The fourth-order valence-electron chi connectivity index (χ4n) is 2.05. The van der Waals surface area contributed by atoms with Crippen LogP contribution >= 0.6 is 0 Å². The van der Waals surface area contributed by atoms with E-state index in [1.165, 1.54) is 18.4 Å². The van der Waals surface area contributed by atoms with Gasteiger partial charge < -0.3 is 14.8 Å². The van der Waals surface area contributed by atoms with E-state index in [1.807, 2.05) is 18.2 Å². The number of nitrogens with one attached hydrogen (secondary N) is 1. The first kappa shape index (κ1) is 11.5. The highest BCUT2D eigenvalue weighted by molar-refractivity contribution is 5.94. The van der Waals surface area contributed by atoms with Crippen LogP contribution in [0.1, 0.15) is 24.8 Å². The number of ether oxygens (including phenoxy) is 2. The molecule has 1 aliphatic carbocycles. The van der Waals surface area contributed by atoms with Crippen LogP contribution in [0.3, 0.4) is 0 Å². The smallest absolute Gasteiger partial charge is 0.224 e. The standard InChI is InChI=1S/C14H17NO3/c16-14-6-4-11-3-5-12(7-13(11)15-14)18-9-17-8-10-1-2-10/h3,5,7,10H,1-2,4,6,8-9H2,(H,15,16). The van der Waals surface area contributed by atoms with Crippen molar-refractivity contribution in [3.05, 3.63) is 23.8 Å². The van der Waals surface area contributed by atoms with E-state index in [1.54, 1.807) is 0 Å². The predicted molar refractivity (Wildman–Crippen MR) is 67.6 cm³/mol. The molecule has 1 fully saturated rings. The number of hydrogen-bond acceptors (Lipinski definition) is 3. The largest absolute Gasteiger partial charge is 0.467 e. The number of amides is 1. The highest BCUT2D eigenvalue weighted by Gasteiger charge is 2.21. The molecule has 1 aromatic rings.